The first-order valence-corrected chi connectivity index (χ1v) is 7.44. The van der Waals surface area contributed by atoms with E-state index in [1.54, 1.807) is 0 Å². The van der Waals surface area contributed by atoms with Crippen molar-refractivity contribution in [2.75, 3.05) is 13.1 Å². The van der Waals surface area contributed by atoms with E-state index < -0.39 is 0 Å². The van der Waals surface area contributed by atoms with Crippen molar-refractivity contribution in [3.8, 4) is 0 Å². The van der Waals surface area contributed by atoms with Gasteiger partial charge in [0, 0.05) is 6.04 Å². The molecule has 1 aliphatic carbocycles. The number of aliphatic hydroxyl groups excluding tert-OH is 1. The zero-order chi connectivity index (χ0) is 12.5. The normalized spacial score (nSPS) is 36.0. The second-order valence-electron chi connectivity index (χ2n) is 6.93. The zero-order valence-corrected chi connectivity index (χ0v) is 11.8. The van der Waals surface area contributed by atoms with Crippen molar-refractivity contribution in [1.82, 2.24) is 4.90 Å². The lowest BCUT2D eigenvalue weighted by atomic mass is 9.73. The summed E-state index contributed by atoms with van der Waals surface area (Å²) in [6, 6.07) is 0.427. The van der Waals surface area contributed by atoms with Crippen molar-refractivity contribution in [2.45, 2.75) is 71.4 Å². The molecular weight excluding hydrogens is 210 g/mol. The standard InChI is InChI=1S/C15H29NO/c1-4-12-6-9-16(10-7-12)13-11-15(2,3)8-5-14(13)17/h12-14,17H,4-11H2,1-3H3. The molecule has 0 aromatic heterocycles. The number of aliphatic hydroxyl groups is 1. The van der Waals surface area contributed by atoms with Gasteiger partial charge in [-0.15, -0.1) is 0 Å². The Morgan fingerprint density at radius 3 is 2.41 bits per heavy atom. The van der Waals surface area contributed by atoms with E-state index >= 15 is 0 Å². The zero-order valence-electron chi connectivity index (χ0n) is 11.8. The quantitative estimate of drug-likeness (QED) is 0.800. The van der Waals surface area contributed by atoms with E-state index in [4.69, 9.17) is 0 Å². The maximum absolute atomic E-state index is 10.2. The highest BCUT2D eigenvalue weighted by Crippen LogP contribution is 2.38. The molecule has 0 spiro atoms. The Bertz CT molecular complexity index is 243. The van der Waals surface area contributed by atoms with E-state index in [9.17, 15) is 5.11 Å². The first kappa shape index (κ1) is 13.4. The average Bonchev–Trinajstić information content (AvgIpc) is 2.33. The topological polar surface area (TPSA) is 23.5 Å². The Morgan fingerprint density at radius 1 is 1.18 bits per heavy atom. The van der Waals surface area contributed by atoms with Crippen LogP contribution in [0.15, 0.2) is 0 Å². The molecule has 1 N–H and O–H groups in total. The van der Waals surface area contributed by atoms with Crippen LogP contribution in [0.3, 0.4) is 0 Å². The maximum atomic E-state index is 10.2. The summed E-state index contributed by atoms with van der Waals surface area (Å²) < 4.78 is 0. The van der Waals surface area contributed by atoms with Crippen LogP contribution in [-0.4, -0.2) is 35.2 Å². The van der Waals surface area contributed by atoms with Crippen molar-refractivity contribution >= 4 is 0 Å². The van der Waals surface area contributed by atoms with E-state index in [-0.39, 0.29) is 6.10 Å². The van der Waals surface area contributed by atoms with E-state index in [1.165, 1.54) is 45.2 Å². The molecule has 2 atom stereocenters. The maximum Gasteiger partial charge on any atom is 0.0695 e. The number of hydrogen-bond acceptors (Lipinski definition) is 2. The summed E-state index contributed by atoms with van der Waals surface area (Å²) in [4.78, 5) is 2.57. The van der Waals surface area contributed by atoms with Crippen molar-refractivity contribution in [3.05, 3.63) is 0 Å². The molecule has 0 aromatic rings. The lowest BCUT2D eigenvalue weighted by molar-refractivity contribution is -0.0290. The van der Waals surface area contributed by atoms with Gasteiger partial charge in [-0.2, -0.15) is 0 Å². The van der Waals surface area contributed by atoms with Gasteiger partial charge in [0.05, 0.1) is 6.10 Å². The molecule has 2 aliphatic rings. The predicted octanol–water partition coefficient (Wildman–Crippen LogP) is 3.05. The molecule has 1 saturated heterocycles. The minimum absolute atomic E-state index is 0.0822. The molecule has 2 fully saturated rings. The predicted molar refractivity (Wildman–Crippen MR) is 72.0 cm³/mol. The molecule has 0 radical (unpaired) electrons. The van der Waals surface area contributed by atoms with Crippen molar-refractivity contribution in [3.63, 3.8) is 0 Å². The van der Waals surface area contributed by atoms with Gasteiger partial charge in [-0.05, 0) is 56.5 Å². The second kappa shape index (κ2) is 5.27. The molecule has 2 unspecified atom stereocenters. The lowest BCUT2D eigenvalue weighted by Crippen LogP contribution is -2.51. The molecule has 0 amide bonds. The summed E-state index contributed by atoms with van der Waals surface area (Å²) in [6.07, 6.45) is 7.25. The molecule has 2 nitrogen and oxygen atoms in total. The summed E-state index contributed by atoms with van der Waals surface area (Å²) in [5.41, 5.74) is 0.422. The van der Waals surface area contributed by atoms with Gasteiger partial charge in [0.1, 0.15) is 0 Å². The summed E-state index contributed by atoms with van der Waals surface area (Å²) in [5.74, 6) is 0.931. The monoisotopic (exact) mass is 239 g/mol. The fraction of sp³-hybridized carbons (Fsp3) is 1.00. The van der Waals surface area contributed by atoms with Crippen molar-refractivity contribution in [1.29, 1.82) is 0 Å². The third kappa shape index (κ3) is 3.23. The number of piperidine rings is 1. The fourth-order valence-corrected chi connectivity index (χ4v) is 3.60. The third-order valence-electron chi connectivity index (χ3n) is 5.02. The van der Waals surface area contributed by atoms with E-state index in [1.807, 2.05) is 0 Å². The molecule has 0 aromatic carbocycles. The van der Waals surface area contributed by atoms with E-state index in [0.29, 0.717) is 11.5 Å². The van der Waals surface area contributed by atoms with Gasteiger partial charge in [0.15, 0.2) is 0 Å². The van der Waals surface area contributed by atoms with Crippen LogP contribution >= 0.6 is 0 Å². The summed E-state index contributed by atoms with van der Waals surface area (Å²) in [6.45, 7) is 9.42. The van der Waals surface area contributed by atoms with Crippen molar-refractivity contribution < 1.29 is 5.11 Å². The number of hydrogen-bond donors (Lipinski definition) is 1. The van der Waals surface area contributed by atoms with Gasteiger partial charge in [0.2, 0.25) is 0 Å². The molecule has 1 saturated carbocycles. The van der Waals surface area contributed by atoms with Crippen LogP contribution in [0.25, 0.3) is 0 Å². The largest absolute Gasteiger partial charge is 0.391 e. The van der Waals surface area contributed by atoms with Crippen LogP contribution in [0.5, 0.6) is 0 Å². The van der Waals surface area contributed by atoms with Gasteiger partial charge in [0.25, 0.3) is 0 Å². The van der Waals surface area contributed by atoms with Crippen LogP contribution in [0, 0.1) is 11.3 Å². The smallest absolute Gasteiger partial charge is 0.0695 e. The minimum Gasteiger partial charge on any atom is -0.391 e. The van der Waals surface area contributed by atoms with Crippen LogP contribution in [0.2, 0.25) is 0 Å². The highest BCUT2D eigenvalue weighted by atomic mass is 16.3. The number of rotatable bonds is 2. The van der Waals surface area contributed by atoms with Gasteiger partial charge < -0.3 is 5.11 Å². The molecular formula is C15H29NO. The number of nitrogens with zero attached hydrogens (tertiary/aromatic N) is 1. The SMILES string of the molecule is CCC1CCN(C2CC(C)(C)CCC2O)CC1. The van der Waals surface area contributed by atoms with Crippen LogP contribution < -0.4 is 0 Å². The molecule has 2 heteroatoms. The van der Waals surface area contributed by atoms with E-state index in [0.717, 1.165) is 12.3 Å². The van der Waals surface area contributed by atoms with Gasteiger partial charge >= 0.3 is 0 Å². The molecule has 0 bridgehead atoms. The van der Waals surface area contributed by atoms with Crippen LogP contribution in [0.4, 0.5) is 0 Å². The average molecular weight is 239 g/mol. The van der Waals surface area contributed by atoms with Crippen LogP contribution in [0.1, 0.15) is 59.3 Å². The van der Waals surface area contributed by atoms with Gasteiger partial charge in [-0.25, -0.2) is 0 Å². The molecule has 1 aliphatic heterocycles. The Labute approximate surface area is 106 Å². The molecule has 1 heterocycles. The Morgan fingerprint density at radius 2 is 1.82 bits per heavy atom. The molecule has 17 heavy (non-hydrogen) atoms. The Kier molecular flexibility index (Phi) is 4.14. The van der Waals surface area contributed by atoms with Crippen LogP contribution in [-0.2, 0) is 0 Å². The first-order valence-electron chi connectivity index (χ1n) is 7.44. The first-order chi connectivity index (χ1) is 8.02. The summed E-state index contributed by atoms with van der Waals surface area (Å²) >= 11 is 0. The fourth-order valence-electron chi connectivity index (χ4n) is 3.60. The Balaban J connectivity index is 1.92. The second-order valence-corrected chi connectivity index (χ2v) is 6.93. The summed E-state index contributed by atoms with van der Waals surface area (Å²) in [5, 5.41) is 10.2. The lowest BCUT2D eigenvalue weighted by Gasteiger charge is -2.46. The Hall–Kier alpha value is -0.0800. The third-order valence-corrected chi connectivity index (χ3v) is 5.02. The number of likely N-dealkylation sites (tertiary alicyclic amines) is 1. The van der Waals surface area contributed by atoms with Gasteiger partial charge in [-0.1, -0.05) is 27.2 Å². The minimum atomic E-state index is -0.0822. The highest BCUT2D eigenvalue weighted by Gasteiger charge is 2.37. The molecule has 100 valence electrons. The van der Waals surface area contributed by atoms with Gasteiger partial charge in [-0.3, -0.25) is 4.90 Å². The molecule has 2 rings (SSSR count). The summed E-state index contributed by atoms with van der Waals surface area (Å²) in [7, 11) is 0. The highest BCUT2D eigenvalue weighted by molar-refractivity contribution is 4.92. The van der Waals surface area contributed by atoms with E-state index in [2.05, 4.69) is 25.7 Å². The van der Waals surface area contributed by atoms with Crippen molar-refractivity contribution in [2.24, 2.45) is 11.3 Å².